The molecule has 0 N–H and O–H groups in total. The van der Waals surface area contributed by atoms with Crippen LogP contribution in [0.25, 0.3) is 6.08 Å². The highest BCUT2D eigenvalue weighted by molar-refractivity contribution is 5.97. The van der Waals surface area contributed by atoms with Crippen molar-refractivity contribution in [1.82, 2.24) is 0 Å². The van der Waals surface area contributed by atoms with Crippen LogP contribution in [0.1, 0.15) is 28.4 Å². The van der Waals surface area contributed by atoms with Crippen LogP contribution in [0.4, 0.5) is 0 Å². The molecule has 0 bridgehead atoms. The van der Waals surface area contributed by atoms with Crippen LogP contribution in [0.2, 0.25) is 0 Å². The van der Waals surface area contributed by atoms with Gasteiger partial charge in [0.1, 0.15) is 24.0 Å². The first-order valence-corrected chi connectivity index (χ1v) is 8.62. The molecule has 150 valence electrons. The fourth-order valence-corrected chi connectivity index (χ4v) is 2.54. The van der Waals surface area contributed by atoms with Crippen molar-refractivity contribution in [2.24, 2.45) is 0 Å². The first-order valence-electron chi connectivity index (χ1n) is 8.62. The summed E-state index contributed by atoms with van der Waals surface area (Å²) in [4.78, 5) is 23.1. The Morgan fingerprint density at radius 1 is 1.00 bits per heavy atom. The number of ketones is 1. The minimum absolute atomic E-state index is 0.0511. The Morgan fingerprint density at radius 3 is 2.31 bits per heavy atom. The number of nitrogens with zero attached hydrogens (tertiary/aromatic N) is 1. The number of carbonyl (C=O) groups excluding carboxylic acids is 2. The second kappa shape index (κ2) is 9.95. The molecule has 0 radical (unpaired) electrons. The van der Waals surface area contributed by atoms with Crippen molar-refractivity contribution in [1.29, 1.82) is 5.26 Å². The van der Waals surface area contributed by atoms with Crippen molar-refractivity contribution >= 4 is 17.8 Å². The van der Waals surface area contributed by atoms with Gasteiger partial charge in [-0.05, 0) is 36.8 Å². The first-order chi connectivity index (χ1) is 13.9. The van der Waals surface area contributed by atoms with Crippen LogP contribution in [0.3, 0.4) is 0 Å². The van der Waals surface area contributed by atoms with Crippen molar-refractivity contribution in [2.45, 2.75) is 13.5 Å². The predicted octanol–water partition coefficient (Wildman–Crippen LogP) is 3.57. The lowest BCUT2D eigenvalue weighted by molar-refractivity contribution is -0.135. The third kappa shape index (κ3) is 5.36. The topological polar surface area (TPSA) is 94.9 Å². The van der Waals surface area contributed by atoms with Gasteiger partial charge in [-0.25, -0.2) is 4.79 Å². The summed E-state index contributed by atoms with van der Waals surface area (Å²) in [6.45, 7) is 1.68. The van der Waals surface area contributed by atoms with E-state index in [1.54, 1.807) is 42.5 Å². The summed E-state index contributed by atoms with van der Waals surface area (Å²) in [7, 11) is 4.23. The molecule has 0 amide bonds. The summed E-state index contributed by atoms with van der Waals surface area (Å²) < 4.78 is 21.1. The van der Waals surface area contributed by atoms with Crippen LogP contribution < -0.4 is 14.2 Å². The van der Waals surface area contributed by atoms with E-state index in [9.17, 15) is 9.59 Å². The zero-order valence-corrected chi connectivity index (χ0v) is 16.6. The maximum Gasteiger partial charge on any atom is 0.348 e. The summed E-state index contributed by atoms with van der Waals surface area (Å²) in [5.41, 5.74) is 1.78. The van der Waals surface area contributed by atoms with Gasteiger partial charge in [0.2, 0.25) is 0 Å². The molecule has 2 aromatic carbocycles. The van der Waals surface area contributed by atoms with Gasteiger partial charge in [-0.15, -0.1) is 0 Å². The minimum atomic E-state index is -0.715. The molecule has 0 fully saturated rings. The van der Waals surface area contributed by atoms with Crippen molar-refractivity contribution in [3.63, 3.8) is 0 Å². The monoisotopic (exact) mass is 395 g/mol. The average molecular weight is 395 g/mol. The summed E-state index contributed by atoms with van der Waals surface area (Å²) >= 11 is 0. The molecule has 0 unspecified atom stereocenters. The number of hydrogen-bond acceptors (Lipinski definition) is 7. The van der Waals surface area contributed by atoms with Crippen LogP contribution in [-0.2, 0) is 16.1 Å². The summed E-state index contributed by atoms with van der Waals surface area (Å²) in [5, 5.41) is 9.08. The third-order valence-electron chi connectivity index (χ3n) is 4.10. The van der Waals surface area contributed by atoms with Crippen molar-refractivity contribution in [3.8, 4) is 23.3 Å². The molecular formula is C22H21NO6. The molecule has 0 heterocycles. The van der Waals surface area contributed by atoms with E-state index in [4.69, 9.17) is 19.5 Å². The van der Waals surface area contributed by atoms with E-state index in [0.29, 0.717) is 28.4 Å². The van der Waals surface area contributed by atoms with Crippen LogP contribution in [0.15, 0.2) is 42.0 Å². The van der Waals surface area contributed by atoms with Gasteiger partial charge >= 0.3 is 5.97 Å². The Kier molecular flexibility index (Phi) is 7.38. The number of esters is 1. The molecule has 0 saturated carbocycles. The van der Waals surface area contributed by atoms with E-state index in [-0.39, 0.29) is 18.0 Å². The van der Waals surface area contributed by atoms with E-state index in [2.05, 4.69) is 4.74 Å². The van der Waals surface area contributed by atoms with Gasteiger partial charge in [0.05, 0.1) is 21.3 Å². The molecule has 0 aliphatic rings. The van der Waals surface area contributed by atoms with E-state index in [1.165, 1.54) is 34.3 Å². The summed E-state index contributed by atoms with van der Waals surface area (Å²) in [6.07, 6.45) is 1.40. The highest BCUT2D eigenvalue weighted by atomic mass is 16.5. The summed E-state index contributed by atoms with van der Waals surface area (Å²) in [5.74, 6) is 0.685. The fraction of sp³-hybridized carbons (Fsp3) is 0.227. The minimum Gasteiger partial charge on any atom is -0.496 e. The van der Waals surface area contributed by atoms with Gasteiger partial charge in [0, 0.05) is 11.1 Å². The quantitative estimate of drug-likeness (QED) is 0.292. The van der Waals surface area contributed by atoms with Gasteiger partial charge in [0.25, 0.3) is 0 Å². The fourth-order valence-electron chi connectivity index (χ4n) is 2.54. The normalized spacial score (nSPS) is 10.7. The maximum atomic E-state index is 11.6. The van der Waals surface area contributed by atoms with E-state index in [1.807, 2.05) is 0 Å². The lowest BCUT2D eigenvalue weighted by atomic mass is 10.1. The Hall–Kier alpha value is -3.79. The average Bonchev–Trinajstić information content (AvgIpc) is 2.75. The number of methoxy groups -OCH3 is 3. The van der Waals surface area contributed by atoms with Crippen LogP contribution >= 0.6 is 0 Å². The molecule has 2 aromatic rings. The van der Waals surface area contributed by atoms with Gasteiger partial charge in [-0.3, -0.25) is 4.79 Å². The van der Waals surface area contributed by atoms with E-state index in [0.717, 1.165) is 5.56 Å². The molecule has 0 aromatic heterocycles. The second-order valence-corrected chi connectivity index (χ2v) is 5.94. The SMILES string of the molecule is COC(=O)/C(C#N)=C/c1ccc(OCc2ccc(C(C)=O)cc2OC)c(OC)c1. The Labute approximate surface area is 169 Å². The lowest BCUT2D eigenvalue weighted by Crippen LogP contribution is -2.03. The number of hydrogen-bond donors (Lipinski definition) is 0. The maximum absolute atomic E-state index is 11.6. The van der Waals surface area contributed by atoms with Crippen LogP contribution in [0.5, 0.6) is 17.2 Å². The molecule has 0 atom stereocenters. The summed E-state index contributed by atoms with van der Waals surface area (Å²) in [6, 6.07) is 12.0. The number of nitriles is 1. The molecule has 7 heteroatoms. The smallest absolute Gasteiger partial charge is 0.348 e. The van der Waals surface area contributed by atoms with Gasteiger partial charge < -0.3 is 18.9 Å². The zero-order valence-electron chi connectivity index (χ0n) is 16.6. The van der Waals surface area contributed by atoms with Gasteiger partial charge in [-0.2, -0.15) is 5.26 Å². The standard InChI is InChI=1S/C22H21NO6/c1-14(24)16-6-7-17(20(11-16)26-2)13-29-19-8-5-15(10-21(19)27-3)9-18(12-23)22(25)28-4/h5-11H,13H2,1-4H3/b18-9+. The molecule has 0 spiro atoms. The molecule has 29 heavy (non-hydrogen) atoms. The molecular weight excluding hydrogens is 374 g/mol. The Balaban J connectivity index is 2.24. The lowest BCUT2D eigenvalue weighted by Gasteiger charge is -2.14. The molecule has 2 rings (SSSR count). The largest absolute Gasteiger partial charge is 0.496 e. The Bertz CT molecular complexity index is 987. The number of carbonyl (C=O) groups is 2. The molecule has 7 nitrogen and oxygen atoms in total. The van der Waals surface area contributed by atoms with Crippen molar-refractivity contribution in [3.05, 3.63) is 58.7 Å². The zero-order chi connectivity index (χ0) is 21.4. The highest BCUT2D eigenvalue weighted by Crippen LogP contribution is 2.31. The van der Waals surface area contributed by atoms with Gasteiger partial charge in [-0.1, -0.05) is 18.2 Å². The third-order valence-corrected chi connectivity index (χ3v) is 4.10. The number of rotatable bonds is 8. The molecule has 0 saturated heterocycles. The Morgan fingerprint density at radius 2 is 1.72 bits per heavy atom. The van der Waals surface area contributed by atoms with E-state index >= 15 is 0 Å². The number of ether oxygens (including phenoxy) is 4. The molecule has 0 aliphatic heterocycles. The number of benzene rings is 2. The first kappa shape index (κ1) is 21.5. The van der Waals surface area contributed by atoms with E-state index < -0.39 is 5.97 Å². The van der Waals surface area contributed by atoms with Gasteiger partial charge in [0.15, 0.2) is 17.3 Å². The molecule has 0 aliphatic carbocycles. The van der Waals surface area contributed by atoms with Crippen molar-refractivity contribution in [2.75, 3.05) is 21.3 Å². The second-order valence-electron chi connectivity index (χ2n) is 5.94. The van der Waals surface area contributed by atoms with Crippen molar-refractivity contribution < 1.29 is 28.5 Å². The number of Topliss-reactive ketones (excluding diaryl/α,β-unsaturated/α-hetero) is 1. The highest BCUT2D eigenvalue weighted by Gasteiger charge is 2.12. The van der Waals surface area contributed by atoms with Crippen LogP contribution in [0, 0.1) is 11.3 Å². The van der Waals surface area contributed by atoms with Crippen LogP contribution in [-0.4, -0.2) is 33.1 Å². The predicted molar refractivity (Wildman–Crippen MR) is 106 cm³/mol.